The summed E-state index contributed by atoms with van der Waals surface area (Å²) in [5, 5.41) is 12.3. The summed E-state index contributed by atoms with van der Waals surface area (Å²) in [5.41, 5.74) is 7.50. The molecule has 0 spiro atoms. The number of urea groups is 1. The van der Waals surface area contributed by atoms with Gasteiger partial charge in [0, 0.05) is 43.3 Å². The molecule has 2 aromatic heterocycles. The van der Waals surface area contributed by atoms with Gasteiger partial charge in [-0.2, -0.15) is 0 Å². The van der Waals surface area contributed by atoms with Crippen molar-refractivity contribution in [3.05, 3.63) is 48.7 Å². The van der Waals surface area contributed by atoms with Crippen molar-refractivity contribution in [2.75, 3.05) is 23.4 Å². The number of fused-ring (bicyclic) bond motifs is 1. The van der Waals surface area contributed by atoms with Crippen LogP contribution < -0.4 is 16.0 Å². The van der Waals surface area contributed by atoms with Gasteiger partial charge >= 0.3 is 6.03 Å². The molecule has 0 aliphatic heterocycles. The van der Waals surface area contributed by atoms with Crippen molar-refractivity contribution >= 4 is 34.5 Å². The third-order valence-corrected chi connectivity index (χ3v) is 4.46. The Labute approximate surface area is 168 Å². The van der Waals surface area contributed by atoms with Crippen LogP contribution in [0.15, 0.2) is 48.7 Å². The first-order valence-electron chi connectivity index (χ1n) is 9.31. The number of hydrogen-bond acceptors (Lipinski definition) is 5. The van der Waals surface area contributed by atoms with Gasteiger partial charge in [0.15, 0.2) is 0 Å². The van der Waals surface area contributed by atoms with E-state index in [0.717, 1.165) is 16.5 Å². The summed E-state index contributed by atoms with van der Waals surface area (Å²) < 4.78 is 0. The Kier molecular flexibility index (Phi) is 6.36. The zero-order valence-corrected chi connectivity index (χ0v) is 16.1. The highest BCUT2D eigenvalue weighted by atomic mass is 16.3. The van der Waals surface area contributed by atoms with Gasteiger partial charge in [-0.3, -0.25) is 15.0 Å². The maximum Gasteiger partial charge on any atom is 0.317 e. The number of nitrogens with one attached hydrogen (secondary N) is 1. The minimum atomic E-state index is -0.710. The Balaban J connectivity index is 2.06. The van der Waals surface area contributed by atoms with E-state index in [1.165, 1.54) is 6.92 Å². The average molecular weight is 393 g/mol. The third-order valence-electron chi connectivity index (χ3n) is 4.46. The Morgan fingerprint density at radius 2 is 1.93 bits per heavy atom. The van der Waals surface area contributed by atoms with Crippen LogP contribution in [-0.2, 0) is 4.79 Å². The highest BCUT2D eigenvalue weighted by molar-refractivity contribution is 5.98. The van der Waals surface area contributed by atoms with Gasteiger partial charge in [-0.15, -0.1) is 0 Å². The van der Waals surface area contributed by atoms with Crippen molar-refractivity contribution in [3.8, 4) is 11.1 Å². The van der Waals surface area contributed by atoms with E-state index in [9.17, 15) is 9.59 Å². The molecule has 1 aromatic carbocycles. The number of unbranched alkanes of at least 4 members (excludes halogenated alkanes) is 1. The number of hydrogen-bond donors (Lipinski definition) is 3. The number of carbonyl (C=O) groups excluding carboxylic acids is 2. The first-order chi connectivity index (χ1) is 14.0. The van der Waals surface area contributed by atoms with Crippen LogP contribution in [0, 0.1) is 0 Å². The van der Waals surface area contributed by atoms with Crippen LogP contribution in [0.1, 0.15) is 19.8 Å². The van der Waals surface area contributed by atoms with Crippen LogP contribution in [0.5, 0.6) is 0 Å². The molecule has 0 bridgehead atoms. The molecule has 0 aliphatic rings. The molecule has 3 rings (SSSR count). The standard InChI is InChI=1S/C21H23N5O3/c1-14(28)26(9-5-6-10-27)19-12-18-16(13-23-19)11-17(15-7-3-2-4-8-15)20(24-18)25-21(22)29/h2-4,7-8,11-13,27H,5-6,9-10H2,1H3,(H3,22,24,25,29). The molecule has 0 saturated heterocycles. The zero-order valence-electron chi connectivity index (χ0n) is 16.1. The van der Waals surface area contributed by atoms with Crippen LogP contribution >= 0.6 is 0 Å². The van der Waals surface area contributed by atoms with E-state index in [2.05, 4.69) is 15.3 Å². The van der Waals surface area contributed by atoms with Crippen molar-refractivity contribution in [2.45, 2.75) is 19.8 Å². The molecule has 3 aromatic rings. The lowest BCUT2D eigenvalue weighted by Gasteiger charge is -2.20. The lowest BCUT2D eigenvalue weighted by atomic mass is 10.0. The van der Waals surface area contributed by atoms with Gasteiger partial charge < -0.3 is 10.8 Å². The number of amides is 3. The van der Waals surface area contributed by atoms with Crippen LogP contribution in [0.2, 0.25) is 0 Å². The van der Waals surface area contributed by atoms with E-state index >= 15 is 0 Å². The molecule has 3 amide bonds. The lowest BCUT2D eigenvalue weighted by Crippen LogP contribution is -2.30. The van der Waals surface area contributed by atoms with Gasteiger partial charge in [-0.05, 0) is 24.5 Å². The molecule has 0 unspecified atom stereocenters. The predicted octanol–water partition coefficient (Wildman–Crippen LogP) is 2.91. The summed E-state index contributed by atoms with van der Waals surface area (Å²) >= 11 is 0. The van der Waals surface area contributed by atoms with Crippen LogP contribution in [0.4, 0.5) is 16.4 Å². The first-order valence-corrected chi connectivity index (χ1v) is 9.31. The van der Waals surface area contributed by atoms with E-state index < -0.39 is 6.03 Å². The summed E-state index contributed by atoms with van der Waals surface area (Å²) in [6, 6.07) is 12.4. The number of nitrogens with two attached hydrogens (primary N) is 1. The normalized spacial score (nSPS) is 10.7. The smallest absolute Gasteiger partial charge is 0.317 e. The zero-order chi connectivity index (χ0) is 20.8. The quantitative estimate of drug-likeness (QED) is 0.533. The molecule has 0 saturated carbocycles. The van der Waals surface area contributed by atoms with E-state index in [4.69, 9.17) is 10.8 Å². The molecular weight excluding hydrogens is 370 g/mol. The number of anilines is 2. The van der Waals surface area contributed by atoms with Crippen molar-refractivity contribution in [3.63, 3.8) is 0 Å². The predicted molar refractivity (Wildman–Crippen MR) is 113 cm³/mol. The van der Waals surface area contributed by atoms with Crippen molar-refractivity contribution in [1.82, 2.24) is 9.97 Å². The van der Waals surface area contributed by atoms with Crippen LogP contribution in [0.3, 0.4) is 0 Å². The molecular formula is C21H23N5O3. The fraction of sp³-hybridized carbons (Fsp3) is 0.238. The summed E-state index contributed by atoms with van der Waals surface area (Å²) in [6.07, 6.45) is 2.91. The Hall–Kier alpha value is -3.52. The molecule has 29 heavy (non-hydrogen) atoms. The van der Waals surface area contributed by atoms with E-state index in [0.29, 0.717) is 36.5 Å². The topological polar surface area (TPSA) is 121 Å². The van der Waals surface area contributed by atoms with Crippen molar-refractivity contribution in [2.24, 2.45) is 5.73 Å². The lowest BCUT2D eigenvalue weighted by molar-refractivity contribution is -0.116. The molecule has 2 heterocycles. The Morgan fingerprint density at radius 1 is 1.17 bits per heavy atom. The number of aliphatic hydroxyl groups excluding tert-OH is 1. The average Bonchev–Trinajstić information content (AvgIpc) is 2.70. The second-order valence-electron chi connectivity index (χ2n) is 6.58. The highest BCUT2D eigenvalue weighted by Crippen LogP contribution is 2.31. The van der Waals surface area contributed by atoms with E-state index in [1.54, 1.807) is 17.2 Å². The summed E-state index contributed by atoms with van der Waals surface area (Å²) in [6.45, 7) is 1.99. The van der Waals surface area contributed by atoms with E-state index in [1.807, 2.05) is 36.4 Å². The summed E-state index contributed by atoms with van der Waals surface area (Å²) in [7, 11) is 0. The van der Waals surface area contributed by atoms with E-state index in [-0.39, 0.29) is 12.5 Å². The number of aromatic nitrogens is 2. The molecule has 0 atom stereocenters. The first kappa shape index (κ1) is 20.2. The van der Waals surface area contributed by atoms with Gasteiger partial charge in [-0.1, -0.05) is 30.3 Å². The Morgan fingerprint density at radius 3 is 2.59 bits per heavy atom. The van der Waals surface area contributed by atoms with Crippen molar-refractivity contribution < 1.29 is 14.7 Å². The monoisotopic (exact) mass is 393 g/mol. The van der Waals surface area contributed by atoms with Gasteiger partial charge in [0.2, 0.25) is 5.91 Å². The molecule has 0 radical (unpaired) electrons. The number of aliphatic hydroxyl groups is 1. The van der Waals surface area contributed by atoms with Crippen LogP contribution in [-0.4, -0.2) is 40.2 Å². The second-order valence-corrected chi connectivity index (χ2v) is 6.58. The number of primary amides is 1. The van der Waals surface area contributed by atoms with Gasteiger partial charge in [-0.25, -0.2) is 14.8 Å². The van der Waals surface area contributed by atoms with Gasteiger partial charge in [0.05, 0.1) is 5.52 Å². The van der Waals surface area contributed by atoms with Crippen molar-refractivity contribution in [1.29, 1.82) is 0 Å². The van der Waals surface area contributed by atoms with Gasteiger partial charge in [0.25, 0.3) is 0 Å². The number of pyridine rings is 2. The maximum atomic E-state index is 12.1. The number of nitrogens with zero attached hydrogens (tertiary/aromatic N) is 3. The maximum absolute atomic E-state index is 12.1. The molecule has 0 aliphatic carbocycles. The van der Waals surface area contributed by atoms with Gasteiger partial charge in [0.1, 0.15) is 11.6 Å². The summed E-state index contributed by atoms with van der Waals surface area (Å²) in [4.78, 5) is 34.1. The molecule has 8 heteroatoms. The molecule has 0 fully saturated rings. The number of carbonyl (C=O) groups is 2. The van der Waals surface area contributed by atoms with Crippen LogP contribution in [0.25, 0.3) is 22.0 Å². The fourth-order valence-corrected chi connectivity index (χ4v) is 3.07. The Bertz CT molecular complexity index is 1020. The highest BCUT2D eigenvalue weighted by Gasteiger charge is 2.16. The molecule has 8 nitrogen and oxygen atoms in total. The molecule has 150 valence electrons. The second kappa shape index (κ2) is 9.11. The fourth-order valence-electron chi connectivity index (χ4n) is 3.07. The molecule has 4 N–H and O–H groups in total. The minimum Gasteiger partial charge on any atom is -0.396 e. The largest absolute Gasteiger partial charge is 0.396 e. The number of rotatable bonds is 7. The SMILES string of the molecule is CC(=O)N(CCCCO)c1cc2nc(NC(N)=O)c(-c3ccccc3)cc2cn1. The minimum absolute atomic E-state index is 0.0723. The third kappa shape index (κ3) is 4.85. The number of benzene rings is 1. The summed E-state index contributed by atoms with van der Waals surface area (Å²) in [5.74, 6) is 0.655.